The van der Waals surface area contributed by atoms with E-state index in [1.54, 1.807) is 36.4 Å². The van der Waals surface area contributed by atoms with Gasteiger partial charge in [-0.2, -0.15) is 0 Å². The average molecular weight is 463 g/mol. The number of benzene rings is 3. The average Bonchev–Trinajstić information content (AvgIpc) is 2.84. The van der Waals surface area contributed by atoms with Crippen LogP contribution < -0.4 is 14.4 Å². The molecular weight excluding hydrogens is 436 g/mol. The van der Waals surface area contributed by atoms with Crippen LogP contribution >= 0.6 is 0 Å². The molecule has 3 aromatic rings. The van der Waals surface area contributed by atoms with Crippen molar-refractivity contribution in [3.63, 3.8) is 0 Å². The number of ether oxygens (including phenoxy) is 1. The molecule has 7 heteroatoms. The first-order valence-corrected chi connectivity index (χ1v) is 12.8. The number of rotatable bonds is 5. The lowest BCUT2D eigenvalue weighted by Crippen LogP contribution is -2.51. The number of aryl methyl sites for hydroxylation is 1. The SMILES string of the molecule is O=C(NC1CCCc2ccccc21)C1CN(S(=O)(=O)Cc2ccccc2)c2ccccc2O1. The van der Waals surface area contributed by atoms with E-state index in [1.165, 1.54) is 9.87 Å². The second-order valence-electron chi connectivity index (χ2n) is 8.50. The Morgan fingerprint density at radius 2 is 1.70 bits per heavy atom. The number of nitrogens with zero attached hydrogens (tertiary/aromatic N) is 1. The Kier molecular flexibility index (Phi) is 5.81. The van der Waals surface area contributed by atoms with Crippen molar-refractivity contribution < 1.29 is 17.9 Å². The van der Waals surface area contributed by atoms with Crippen LogP contribution in [0.4, 0.5) is 5.69 Å². The maximum Gasteiger partial charge on any atom is 0.263 e. The summed E-state index contributed by atoms with van der Waals surface area (Å²) in [6.45, 7) is -0.0631. The summed E-state index contributed by atoms with van der Waals surface area (Å²) in [5.41, 5.74) is 3.53. The van der Waals surface area contributed by atoms with E-state index in [0.29, 0.717) is 17.0 Å². The normalized spacial score (nSPS) is 19.7. The fourth-order valence-electron chi connectivity index (χ4n) is 4.63. The molecule has 0 radical (unpaired) electrons. The van der Waals surface area contributed by atoms with Gasteiger partial charge >= 0.3 is 0 Å². The molecular formula is C26H26N2O4S. The monoisotopic (exact) mass is 462 g/mol. The van der Waals surface area contributed by atoms with Crippen LogP contribution in [0.15, 0.2) is 78.9 Å². The van der Waals surface area contributed by atoms with Crippen LogP contribution in [0, 0.1) is 0 Å². The van der Waals surface area contributed by atoms with E-state index in [9.17, 15) is 13.2 Å². The van der Waals surface area contributed by atoms with Crippen LogP contribution in [0.2, 0.25) is 0 Å². The van der Waals surface area contributed by atoms with Gasteiger partial charge in [-0.3, -0.25) is 9.10 Å². The van der Waals surface area contributed by atoms with Crippen molar-refractivity contribution in [2.24, 2.45) is 0 Å². The minimum absolute atomic E-state index is 0.0631. The lowest BCUT2D eigenvalue weighted by atomic mass is 9.87. The molecule has 2 aliphatic rings. The van der Waals surface area contributed by atoms with Gasteiger partial charge in [-0.15, -0.1) is 0 Å². The second kappa shape index (κ2) is 8.90. The Hall–Kier alpha value is -3.32. The number of fused-ring (bicyclic) bond motifs is 2. The number of carbonyl (C=O) groups is 1. The smallest absolute Gasteiger partial charge is 0.263 e. The maximum absolute atomic E-state index is 13.4. The lowest BCUT2D eigenvalue weighted by Gasteiger charge is -2.36. The van der Waals surface area contributed by atoms with Crippen molar-refractivity contribution in [1.29, 1.82) is 0 Å². The quantitative estimate of drug-likeness (QED) is 0.622. The summed E-state index contributed by atoms with van der Waals surface area (Å²) in [5, 5.41) is 3.11. The van der Waals surface area contributed by atoms with Gasteiger partial charge in [0.2, 0.25) is 10.0 Å². The first kappa shape index (κ1) is 21.5. The summed E-state index contributed by atoms with van der Waals surface area (Å²) in [5.74, 6) is -0.0531. The Bertz CT molecular complexity index is 1260. The van der Waals surface area contributed by atoms with Crippen LogP contribution in [-0.2, 0) is 27.0 Å². The van der Waals surface area contributed by atoms with Crippen molar-refractivity contribution in [2.45, 2.75) is 37.2 Å². The van der Waals surface area contributed by atoms with E-state index in [-0.39, 0.29) is 24.2 Å². The lowest BCUT2D eigenvalue weighted by molar-refractivity contribution is -0.128. The third-order valence-corrected chi connectivity index (χ3v) is 7.96. The Morgan fingerprint density at radius 1 is 0.970 bits per heavy atom. The number of para-hydroxylation sites is 2. The van der Waals surface area contributed by atoms with Gasteiger partial charge in [0.1, 0.15) is 5.75 Å². The zero-order chi connectivity index (χ0) is 22.8. The standard InChI is InChI=1S/C26H26N2O4S/c29-26(27-22-14-8-12-20-11-4-5-13-21(20)22)25-17-28(23-15-6-7-16-24(23)32-25)33(30,31)18-19-9-2-1-3-10-19/h1-7,9-11,13,15-16,22,25H,8,12,14,17-18H2,(H,27,29). The number of anilines is 1. The molecule has 0 fully saturated rings. The topological polar surface area (TPSA) is 75.7 Å². The van der Waals surface area contributed by atoms with E-state index in [0.717, 1.165) is 24.8 Å². The van der Waals surface area contributed by atoms with Gasteiger partial charge in [0.25, 0.3) is 5.91 Å². The summed E-state index contributed by atoms with van der Waals surface area (Å²) >= 11 is 0. The zero-order valence-electron chi connectivity index (χ0n) is 18.2. The van der Waals surface area contributed by atoms with E-state index >= 15 is 0 Å². The molecule has 2 atom stereocenters. The molecule has 0 aromatic heterocycles. The van der Waals surface area contributed by atoms with E-state index < -0.39 is 16.1 Å². The van der Waals surface area contributed by atoms with Crippen LogP contribution in [0.5, 0.6) is 5.75 Å². The number of amides is 1. The maximum atomic E-state index is 13.4. The van der Waals surface area contributed by atoms with Crippen molar-refractivity contribution in [2.75, 3.05) is 10.8 Å². The molecule has 1 N–H and O–H groups in total. The van der Waals surface area contributed by atoms with Crippen molar-refractivity contribution in [3.8, 4) is 5.75 Å². The van der Waals surface area contributed by atoms with E-state index in [2.05, 4.69) is 11.4 Å². The Labute approximate surface area is 194 Å². The largest absolute Gasteiger partial charge is 0.476 e. The summed E-state index contributed by atoms with van der Waals surface area (Å²) in [6.07, 6.45) is 1.91. The molecule has 0 saturated heterocycles. The summed E-state index contributed by atoms with van der Waals surface area (Å²) in [7, 11) is -3.72. The number of nitrogens with one attached hydrogen (secondary N) is 1. The fourth-order valence-corrected chi connectivity index (χ4v) is 6.22. The molecule has 0 saturated carbocycles. The molecule has 5 rings (SSSR count). The molecule has 1 heterocycles. The fraction of sp³-hybridized carbons (Fsp3) is 0.269. The van der Waals surface area contributed by atoms with Gasteiger partial charge in [0, 0.05) is 0 Å². The summed E-state index contributed by atoms with van der Waals surface area (Å²) in [6, 6.07) is 24.1. The molecule has 0 bridgehead atoms. The molecule has 0 spiro atoms. The number of hydrogen-bond donors (Lipinski definition) is 1. The van der Waals surface area contributed by atoms with Crippen LogP contribution in [-0.4, -0.2) is 27.0 Å². The minimum atomic E-state index is -3.72. The van der Waals surface area contributed by atoms with Gasteiger partial charge < -0.3 is 10.1 Å². The third-order valence-electron chi connectivity index (χ3n) is 6.24. The van der Waals surface area contributed by atoms with E-state index in [1.807, 2.05) is 36.4 Å². The highest BCUT2D eigenvalue weighted by atomic mass is 32.2. The summed E-state index contributed by atoms with van der Waals surface area (Å²) < 4.78 is 34.1. The molecule has 1 amide bonds. The van der Waals surface area contributed by atoms with Crippen molar-refractivity contribution in [1.82, 2.24) is 5.32 Å². The number of carbonyl (C=O) groups excluding carboxylic acids is 1. The Balaban J connectivity index is 1.39. The van der Waals surface area contributed by atoms with Crippen LogP contribution in [0.3, 0.4) is 0 Å². The van der Waals surface area contributed by atoms with Crippen molar-refractivity contribution >= 4 is 21.6 Å². The van der Waals surface area contributed by atoms with Gasteiger partial charge in [-0.05, 0) is 48.1 Å². The molecule has 170 valence electrons. The first-order chi connectivity index (χ1) is 16.0. The van der Waals surface area contributed by atoms with Gasteiger partial charge in [-0.1, -0.05) is 66.7 Å². The predicted octanol–water partition coefficient (Wildman–Crippen LogP) is 3.98. The Morgan fingerprint density at radius 3 is 2.55 bits per heavy atom. The molecule has 33 heavy (non-hydrogen) atoms. The second-order valence-corrected chi connectivity index (χ2v) is 10.4. The highest BCUT2D eigenvalue weighted by Crippen LogP contribution is 2.36. The zero-order valence-corrected chi connectivity index (χ0v) is 19.0. The van der Waals surface area contributed by atoms with Gasteiger partial charge in [0.05, 0.1) is 24.0 Å². The van der Waals surface area contributed by atoms with Gasteiger partial charge in [0.15, 0.2) is 6.10 Å². The van der Waals surface area contributed by atoms with Crippen LogP contribution in [0.1, 0.15) is 35.6 Å². The minimum Gasteiger partial charge on any atom is -0.476 e. The highest BCUT2D eigenvalue weighted by Gasteiger charge is 2.37. The summed E-state index contributed by atoms with van der Waals surface area (Å²) in [4.78, 5) is 13.3. The van der Waals surface area contributed by atoms with E-state index in [4.69, 9.17) is 4.74 Å². The molecule has 2 unspecified atom stereocenters. The third kappa shape index (κ3) is 4.46. The number of hydrogen-bond acceptors (Lipinski definition) is 4. The predicted molar refractivity (Wildman–Crippen MR) is 128 cm³/mol. The molecule has 3 aromatic carbocycles. The number of sulfonamides is 1. The molecule has 6 nitrogen and oxygen atoms in total. The molecule has 1 aliphatic carbocycles. The van der Waals surface area contributed by atoms with Gasteiger partial charge in [-0.25, -0.2) is 8.42 Å². The molecule has 1 aliphatic heterocycles. The first-order valence-electron chi connectivity index (χ1n) is 11.2. The van der Waals surface area contributed by atoms with Crippen LogP contribution in [0.25, 0.3) is 0 Å². The highest BCUT2D eigenvalue weighted by molar-refractivity contribution is 7.92. The van der Waals surface area contributed by atoms with Crippen molar-refractivity contribution in [3.05, 3.63) is 95.6 Å².